The van der Waals surface area contributed by atoms with Gasteiger partial charge in [0, 0.05) is 24.6 Å². The van der Waals surface area contributed by atoms with E-state index in [9.17, 15) is 14.0 Å². The molecule has 2 N–H and O–H groups in total. The van der Waals surface area contributed by atoms with E-state index in [0.717, 1.165) is 0 Å². The molecule has 2 amide bonds. The lowest BCUT2D eigenvalue weighted by molar-refractivity contribution is -0.0115. The first-order valence-electron chi connectivity index (χ1n) is 11.0. The number of rotatable bonds is 4. The number of hydrogen-bond acceptors (Lipinski definition) is 7. The number of piperidine rings is 1. The summed E-state index contributed by atoms with van der Waals surface area (Å²) in [4.78, 5) is 29.8. The molecule has 9 nitrogen and oxygen atoms in total. The van der Waals surface area contributed by atoms with Crippen LogP contribution in [0.2, 0.25) is 0 Å². The number of halogens is 1. The summed E-state index contributed by atoms with van der Waals surface area (Å²) in [5, 5.41) is 0. The van der Waals surface area contributed by atoms with Gasteiger partial charge in [0.1, 0.15) is 17.3 Å². The molecule has 3 heterocycles. The van der Waals surface area contributed by atoms with Gasteiger partial charge in [-0.3, -0.25) is 4.79 Å². The molecule has 0 aromatic carbocycles. The van der Waals surface area contributed by atoms with Crippen molar-refractivity contribution in [1.82, 2.24) is 9.88 Å². The average Bonchev–Trinajstić information content (AvgIpc) is 2.89. The molecule has 3 rings (SSSR count). The summed E-state index contributed by atoms with van der Waals surface area (Å²) >= 11 is 0. The Morgan fingerprint density at radius 3 is 2.36 bits per heavy atom. The van der Waals surface area contributed by atoms with Crippen molar-refractivity contribution in [2.24, 2.45) is 5.73 Å². The molecular formula is C22H33BFN3O6. The Hall–Kier alpha value is -2.40. The van der Waals surface area contributed by atoms with Crippen LogP contribution in [0.15, 0.2) is 12.3 Å². The van der Waals surface area contributed by atoms with E-state index < -0.39 is 48.2 Å². The Labute approximate surface area is 194 Å². The highest BCUT2D eigenvalue weighted by molar-refractivity contribution is 6.62. The summed E-state index contributed by atoms with van der Waals surface area (Å²) in [6.45, 7) is 13.0. The molecule has 1 aromatic rings. The van der Waals surface area contributed by atoms with E-state index in [4.69, 9.17) is 24.5 Å². The van der Waals surface area contributed by atoms with Gasteiger partial charge in [0.25, 0.3) is 5.91 Å². The number of amides is 2. The van der Waals surface area contributed by atoms with Gasteiger partial charge in [-0.25, -0.2) is 14.2 Å². The molecule has 2 saturated heterocycles. The Bertz CT molecular complexity index is 904. The lowest BCUT2D eigenvalue weighted by atomic mass is 9.79. The van der Waals surface area contributed by atoms with Crippen LogP contribution in [-0.2, 0) is 14.0 Å². The maximum absolute atomic E-state index is 14.8. The lowest BCUT2D eigenvalue weighted by Gasteiger charge is -2.35. The zero-order chi connectivity index (χ0) is 24.8. The van der Waals surface area contributed by atoms with Gasteiger partial charge in [-0.15, -0.1) is 0 Å². The molecule has 2 aliphatic rings. The summed E-state index contributed by atoms with van der Waals surface area (Å²) < 4.78 is 37.9. The zero-order valence-corrected chi connectivity index (χ0v) is 20.3. The van der Waals surface area contributed by atoms with Crippen LogP contribution in [-0.4, -0.2) is 71.2 Å². The van der Waals surface area contributed by atoms with E-state index >= 15 is 0 Å². The van der Waals surface area contributed by atoms with Crippen LogP contribution < -0.4 is 15.9 Å². The molecule has 182 valence electrons. The van der Waals surface area contributed by atoms with E-state index in [1.54, 1.807) is 20.8 Å². The molecule has 2 aliphatic heterocycles. The van der Waals surface area contributed by atoms with Gasteiger partial charge in [0.15, 0.2) is 6.17 Å². The van der Waals surface area contributed by atoms with Crippen LogP contribution in [0.5, 0.6) is 5.88 Å². The summed E-state index contributed by atoms with van der Waals surface area (Å²) in [5.41, 5.74) is 4.25. The number of nitrogens with two attached hydrogens (primary N) is 1. The fourth-order valence-corrected chi connectivity index (χ4v) is 3.50. The molecule has 33 heavy (non-hydrogen) atoms. The quantitative estimate of drug-likeness (QED) is 0.679. The topological polar surface area (TPSA) is 113 Å². The molecule has 0 bridgehead atoms. The summed E-state index contributed by atoms with van der Waals surface area (Å²) in [7, 11) is -0.736. The average molecular weight is 465 g/mol. The number of carbonyl (C=O) groups excluding carboxylic acids is 2. The highest BCUT2D eigenvalue weighted by Crippen LogP contribution is 2.36. The fourth-order valence-electron chi connectivity index (χ4n) is 3.50. The first-order valence-corrected chi connectivity index (χ1v) is 11.0. The second kappa shape index (κ2) is 8.75. The highest BCUT2D eigenvalue weighted by Gasteiger charge is 2.52. The second-order valence-electron chi connectivity index (χ2n) is 10.5. The monoisotopic (exact) mass is 465 g/mol. The van der Waals surface area contributed by atoms with Gasteiger partial charge in [0.2, 0.25) is 5.88 Å². The Balaban J connectivity index is 1.72. The van der Waals surface area contributed by atoms with Crippen molar-refractivity contribution in [3.8, 4) is 5.88 Å². The van der Waals surface area contributed by atoms with Gasteiger partial charge in [-0.1, -0.05) is 0 Å². The van der Waals surface area contributed by atoms with E-state index in [1.165, 1.54) is 17.2 Å². The number of nitrogens with zero attached hydrogens (tertiary/aromatic N) is 2. The largest absolute Gasteiger partial charge is 0.496 e. The third-order valence-corrected chi connectivity index (χ3v) is 6.06. The molecule has 1 aromatic heterocycles. The van der Waals surface area contributed by atoms with Crippen LogP contribution in [0.25, 0.3) is 0 Å². The minimum atomic E-state index is -1.49. The molecule has 0 unspecified atom stereocenters. The summed E-state index contributed by atoms with van der Waals surface area (Å²) in [5.74, 6) is -0.835. The third-order valence-electron chi connectivity index (χ3n) is 6.06. The van der Waals surface area contributed by atoms with E-state index in [2.05, 4.69) is 4.98 Å². The van der Waals surface area contributed by atoms with Crippen molar-refractivity contribution < 1.29 is 32.8 Å². The normalized spacial score (nSPS) is 24.5. The smallest absolute Gasteiger partial charge is 0.471 e. The first kappa shape index (κ1) is 25.2. The van der Waals surface area contributed by atoms with Crippen LogP contribution in [0.3, 0.4) is 0 Å². The zero-order valence-electron chi connectivity index (χ0n) is 20.3. The van der Waals surface area contributed by atoms with Crippen molar-refractivity contribution in [1.29, 1.82) is 0 Å². The number of ether oxygens (including phenoxy) is 2. The summed E-state index contributed by atoms with van der Waals surface area (Å²) in [6.07, 6.45) is -1.29. The maximum atomic E-state index is 14.8. The SMILES string of the molecule is CC(C)(C)OC(=O)N1CC[C@H](Oc2ncc(B3OC(C)(C)C(C)(C)O3)cc2C(N)=O)[C@@H](F)C1. The van der Waals surface area contributed by atoms with Crippen LogP contribution >= 0.6 is 0 Å². The predicted molar refractivity (Wildman–Crippen MR) is 120 cm³/mol. The van der Waals surface area contributed by atoms with E-state index in [0.29, 0.717) is 5.46 Å². The van der Waals surface area contributed by atoms with Crippen LogP contribution in [0, 0.1) is 0 Å². The fraction of sp³-hybridized carbons (Fsp3) is 0.682. The first-order chi connectivity index (χ1) is 15.1. The van der Waals surface area contributed by atoms with Gasteiger partial charge in [0.05, 0.1) is 17.7 Å². The van der Waals surface area contributed by atoms with Gasteiger partial charge in [-0.2, -0.15) is 0 Å². The van der Waals surface area contributed by atoms with Crippen molar-refractivity contribution in [2.45, 2.75) is 84.0 Å². The Morgan fingerprint density at radius 2 is 1.85 bits per heavy atom. The molecule has 2 atom stereocenters. The standard InChI is InChI=1S/C22H33BFN3O6/c1-20(2,3)31-19(29)27-9-8-16(15(24)12-27)30-18-14(17(25)28)10-13(11-26-18)23-32-21(4,5)22(6,7)33-23/h10-11,15-16H,8-9,12H2,1-7H3,(H2,25,28)/t15-,16-/m0/s1. The molecular weight excluding hydrogens is 432 g/mol. The van der Waals surface area contributed by atoms with Crippen molar-refractivity contribution in [2.75, 3.05) is 13.1 Å². The predicted octanol–water partition coefficient (Wildman–Crippen LogP) is 2.21. The van der Waals surface area contributed by atoms with E-state index in [1.807, 2.05) is 27.7 Å². The maximum Gasteiger partial charge on any atom is 0.496 e. The Morgan fingerprint density at radius 1 is 1.24 bits per heavy atom. The van der Waals surface area contributed by atoms with Gasteiger partial charge < -0.3 is 29.4 Å². The minimum Gasteiger partial charge on any atom is -0.471 e. The highest BCUT2D eigenvalue weighted by atomic mass is 19.1. The molecule has 0 spiro atoms. The number of aromatic nitrogens is 1. The number of likely N-dealkylation sites (tertiary alicyclic amines) is 1. The van der Waals surface area contributed by atoms with Crippen LogP contribution in [0.1, 0.15) is 65.2 Å². The molecule has 0 radical (unpaired) electrons. The molecule has 0 aliphatic carbocycles. The van der Waals surface area contributed by atoms with Crippen LogP contribution in [0.4, 0.5) is 9.18 Å². The number of pyridine rings is 1. The van der Waals surface area contributed by atoms with E-state index in [-0.39, 0.29) is 31.0 Å². The number of hydrogen-bond donors (Lipinski definition) is 1. The molecule has 2 fully saturated rings. The second-order valence-corrected chi connectivity index (χ2v) is 10.5. The summed E-state index contributed by atoms with van der Waals surface area (Å²) in [6, 6.07) is 1.50. The molecule has 11 heteroatoms. The minimum absolute atomic E-state index is 0.00369. The number of carbonyl (C=O) groups is 2. The lowest BCUT2D eigenvalue weighted by Crippen LogP contribution is -2.50. The third kappa shape index (κ3) is 5.58. The number of primary amides is 1. The number of alkyl halides is 1. The van der Waals surface area contributed by atoms with Gasteiger partial charge in [-0.05, 0) is 54.5 Å². The van der Waals surface area contributed by atoms with Crippen molar-refractivity contribution in [3.05, 3.63) is 17.8 Å². The molecule has 0 saturated carbocycles. The van der Waals surface area contributed by atoms with Crippen molar-refractivity contribution >= 4 is 24.6 Å². The Kier molecular flexibility index (Phi) is 6.69. The van der Waals surface area contributed by atoms with Gasteiger partial charge >= 0.3 is 13.2 Å². The van der Waals surface area contributed by atoms with Crippen molar-refractivity contribution in [3.63, 3.8) is 0 Å².